The van der Waals surface area contributed by atoms with E-state index in [1.165, 1.54) is 6.07 Å². The molecule has 2 aromatic carbocycles. The van der Waals surface area contributed by atoms with Gasteiger partial charge in [-0.25, -0.2) is 14.1 Å². The number of nitrogens with two attached hydrogens (primary N) is 1. The molecular weight excluding hydrogens is 335 g/mol. The molecule has 0 aliphatic heterocycles. The standard InChI is InChI=1S/C15H12BrFN4/c16-12-3-6-14(17)11(7-12)8-21-9-19-15(20-21)10-1-4-13(18)5-2-10/h1-7,9H,8,18H2. The fourth-order valence-electron chi connectivity index (χ4n) is 1.97. The van der Waals surface area contributed by atoms with E-state index in [1.807, 2.05) is 12.1 Å². The first kappa shape index (κ1) is 13.8. The third-order valence-electron chi connectivity index (χ3n) is 3.05. The maximum Gasteiger partial charge on any atom is 0.181 e. The third-order valence-corrected chi connectivity index (χ3v) is 3.54. The number of rotatable bonds is 3. The minimum atomic E-state index is -0.261. The van der Waals surface area contributed by atoms with E-state index in [0.29, 0.717) is 23.6 Å². The number of hydrogen-bond acceptors (Lipinski definition) is 3. The predicted octanol–water partition coefficient (Wildman–Crippen LogP) is 3.48. The SMILES string of the molecule is Nc1ccc(-c2ncn(Cc3cc(Br)ccc3F)n2)cc1. The van der Waals surface area contributed by atoms with Crippen molar-refractivity contribution in [2.45, 2.75) is 6.54 Å². The van der Waals surface area contributed by atoms with Crippen LogP contribution in [0.2, 0.25) is 0 Å². The van der Waals surface area contributed by atoms with Crippen LogP contribution in [0, 0.1) is 5.82 Å². The van der Waals surface area contributed by atoms with Crippen LogP contribution in [-0.2, 0) is 6.54 Å². The number of nitrogens with zero attached hydrogens (tertiary/aromatic N) is 3. The molecule has 3 aromatic rings. The van der Waals surface area contributed by atoms with Crippen LogP contribution >= 0.6 is 15.9 Å². The molecule has 6 heteroatoms. The molecule has 0 unspecified atom stereocenters. The van der Waals surface area contributed by atoms with Gasteiger partial charge in [-0.15, -0.1) is 0 Å². The smallest absolute Gasteiger partial charge is 0.181 e. The van der Waals surface area contributed by atoms with E-state index in [9.17, 15) is 4.39 Å². The molecule has 21 heavy (non-hydrogen) atoms. The Morgan fingerprint density at radius 2 is 1.90 bits per heavy atom. The van der Waals surface area contributed by atoms with Gasteiger partial charge in [0.1, 0.15) is 12.1 Å². The Bertz CT molecular complexity index is 768. The van der Waals surface area contributed by atoms with Crippen molar-refractivity contribution in [3.8, 4) is 11.4 Å². The molecular formula is C15H12BrFN4. The summed E-state index contributed by atoms with van der Waals surface area (Å²) in [5.74, 6) is 0.327. The van der Waals surface area contributed by atoms with Crippen LogP contribution in [0.15, 0.2) is 53.3 Å². The summed E-state index contributed by atoms with van der Waals surface area (Å²) < 4.78 is 16.2. The molecule has 106 valence electrons. The fraction of sp³-hybridized carbons (Fsp3) is 0.0667. The fourth-order valence-corrected chi connectivity index (χ4v) is 2.38. The lowest BCUT2D eigenvalue weighted by molar-refractivity contribution is 0.584. The molecule has 2 N–H and O–H groups in total. The van der Waals surface area contributed by atoms with Crippen LogP contribution in [0.5, 0.6) is 0 Å². The molecule has 0 aliphatic rings. The van der Waals surface area contributed by atoms with Crippen molar-refractivity contribution in [1.82, 2.24) is 14.8 Å². The van der Waals surface area contributed by atoms with Gasteiger partial charge in [-0.3, -0.25) is 0 Å². The van der Waals surface area contributed by atoms with Crippen molar-refractivity contribution in [3.05, 3.63) is 64.6 Å². The Labute approximate surface area is 129 Å². The van der Waals surface area contributed by atoms with Crippen molar-refractivity contribution in [2.24, 2.45) is 0 Å². The highest BCUT2D eigenvalue weighted by atomic mass is 79.9. The summed E-state index contributed by atoms with van der Waals surface area (Å²) in [7, 11) is 0. The minimum Gasteiger partial charge on any atom is -0.399 e. The molecule has 3 rings (SSSR count). The van der Waals surface area contributed by atoms with Gasteiger partial charge in [0.05, 0.1) is 6.54 Å². The highest BCUT2D eigenvalue weighted by Crippen LogP contribution is 2.18. The van der Waals surface area contributed by atoms with E-state index in [4.69, 9.17) is 5.73 Å². The monoisotopic (exact) mass is 346 g/mol. The van der Waals surface area contributed by atoms with E-state index < -0.39 is 0 Å². The average molecular weight is 347 g/mol. The van der Waals surface area contributed by atoms with Gasteiger partial charge < -0.3 is 5.73 Å². The number of aromatic nitrogens is 3. The van der Waals surface area contributed by atoms with E-state index in [1.54, 1.807) is 35.3 Å². The molecule has 1 heterocycles. The van der Waals surface area contributed by atoms with Crippen molar-refractivity contribution < 1.29 is 4.39 Å². The maximum atomic E-state index is 13.7. The first-order valence-corrected chi connectivity index (χ1v) is 7.10. The molecule has 0 atom stereocenters. The Kier molecular flexibility index (Phi) is 3.70. The highest BCUT2D eigenvalue weighted by molar-refractivity contribution is 9.10. The Balaban J connectivity index is 1.85. The lowest BCUT2D eigenvalue weighted by atomic mass is 10.2. The van der Waals surface area contributed by atoms with E-state index in [2.05, 4.69) is 26.0 Å². The maximum absolute atomic E-state index is 13.7. The lowest BCUT2D eigenvalue weighted by Crippen LogP contribution is -2.02. The summed E-state index contributed by atoms with van der Waals surface area (Å²) in [6, 6.07) is 12.1. The number of anilines is 1. The third kappa shape index (κ3) is 3.11. The normalized spacial score (nSPS) is 10.8. The lowest BCUT2D eigenvalue weighted by Gasteiger charge is -2.03. The van der Waals surface area contributed by atoms with Gasteiger partial charge in [0.25, 0.3) is 0 Å². The zero-order valence-electron chi connectivity index (χ0n) is 11.0. The molecule has 0 spiro atoms. The van der Waals surface area contributed by atoms with Crippen LogP contribution in [0.1, 0.15) is 5.56 Å². The molecule has 0 amide bonds. The first-order valence-electron chi connectivity index (χ1n) is 6.31. The quantitative estimate of drug-likeness (QED) is 0.738. The summed E-state index contributed by atoms with van der Waals surface area (Å²) in [4.78, 5) is 4.24. The van der Waals surface area contributed by atoms with Crippen LogP contribution in [0.25, 0.3) is 11.4 Å². The van der Waals surface area contributed by atoms with Gasteiger partial charge >= 0.3 is 0 Å². The molecule has 0 bridgehead atoms. The van der Waals surface area contributed by atoms with Crippen molar-refractivity contribution >= 4 is 21.6 Å². The molecule has 0 fully saturated rings. The van der Waals surface area contributed by atoms with Crippen molar-refractivity contribution in [1.29, 1.82) is 0 Å². The summed E-state index contributed by atoms with van der Waals surface area (Å²) >= 11 is 3.33. The van der Waals surface area contributed by atoms with Crippen LogP contribution < -0.4 is 5.73 Å². The largest absolute Gasteiger partial charge is 0.399 e. The summed E-state index contributed by atoms with van der Waals surface area (Å²) in [6.45, 7) is 0.327. The molecule has 0 saturated heterocycles. The molecule has 0 aliphatic carbocycles. The topological polar surface area (TPSA) is 56.7 Å². The van der Waals surface area contributed by atoms with Gasteiger partial charge in [0, 0.05) is 21.3 Å². The van der Waals surface area contributed by atoms with Gasteiger partial charge in [-0.2, -0.15) is 5.10 Å². The van der Waals surface area contributed by atoms with Gasteiger partial charge in [-0.05, 0) is 42.5 Å². The molecule has 1 aromatic heterocycles. The van der Waals surface area contributed by atoms with Gasteiger partial charge in [-0.1, -0.05) is 15.9 Å². The number of nitrogen functional groups attached to an aromatic ring is 1. The molecule has 0 saturated carbocycles. The van der Waals surface area contributed by atoms with Crippen LogP contribution in [0.3, 0.4) is 0 Å². The number of hydrogen-bond donors (Lipinski definition) is 1. The van der Waals surface area contributed by atoms with Crippen LogP contribution in [-0.4, -0.2) is 14.8 Å². The second-order valence-electron chi connectivity index (χ2n) is 4.62. The summed E-state index contributed by atoms with van der Waals surface area (Å²) in [5, 5.41) is 4.36. The Morgan fingerprint density at radius 3 is 2.67 bits per heavy atom. The predicted molar refractivity (Wildman–Crippen MR) is 83.1 cm³/mol. The first-order chi connectivity index (χ1) is 10.1. The molecule has 0 radical (unpaired) electrons. The summed E-state index contributed by atoms with van der Waals surface area (Å²) in [5.41, 5.74) is 7.77. The van der Waals surface area contributed by atoms with Gasteiger partial charge in [0.15, 0.2) is 5.82 Å². The highest BCUT2D eigenvalue weighted by Gasteiger charge is 2.07. The average Bonchev–Trinajstić information content (AvgIpc) is 2.92. The van der Waals surface area contributed by atoms with E-state index in [-0.39, 0.29) is 5.82 Å². The van der Waals surface area contributed by atoms with E-state index >= 15 is 0 Å². The number of halogens is 2. The second-order valence-corrected chi connectivity index (χ2v) is 5.54. The Hall–Kier alpha value is -2.21. The zero-order chi connectivity index (χ0) is 14.8. The van der Waals surface area contributed by atoms with Crippen molar-refractivity contribution in [3.63, 3.8) is 0 Å². The minimum absolute atomic E-state index is 0.261. The second kappa shape index (κ2) is 5.65. The summed E-state index contributed by atoms with van der Waals surface area (Å²) in [6.07, 6.45) is 1.59. The van der Waals surface area contributed by atoms with Crippen molar-refractivity contribution in [2.75, 3.05) is 5.73 Å². The van der Waals surface area contributed by atoms with Crippen LogP contribution in [0.4, 0.5) is 10.1 Å². The Morgan fingerprint density at radius 1 is 1.14 bits per heavy atom. The molecule has 4 nitrogen and oxygen atoms in total. The van der Waals surface area contributed by atoms with E-state index in [0.717, 1.165) is 10.0 Å². The zero-order valence-corrected chi connectivity index (χ0v) is 12.6. The van der Waals surface area contributed by atoms with Gasteiger partial charge in [0.2, 0.25) is 0 Å². The number of benzene rings is 2.